The van der Waals surface area contributed by atoms with Crippen molar-refractivity contribution in [3.8, 4) is 11.5 Å². The average Bonchev–Trinajstić information content (AvgIpc) is 2.78. The van der Waals surface area contributed by atoms with E-state index < -0.39 is 0 Å². The molecule has 1 fully saturated rings. The minimum Gasteiger partial charge on any atom is -0.497 e. The third-order valence-electron chi connectivity index (χ3n) is 5.61. The number of piperidine rings is 1. The highest BCUT2D eigenvalue weighted by Crippen LogP contribution is 2.41. The molecule has 0 radical (unpaired) electrons. The third-order valence-corrected chi connectivity index (χ3v) is 5.61. The normalized spacial score (nSPS) is 18.8. The minimum absolute atomic E-state index is 0.0906. The summed E-state index contributed by atoms with van der Waals surface area (Å²) in [4.78, 5) is 28.0. The lowest BCUT2D eigenvalue weighted by Gasteiger charge is -2.41. The number of methoxy groups -OCH3 is 2. The van der Waals surface area contributed by atoms with Gasteiger partial charge in [-0.05, 0) is 43.2 Å². The molecule has 0 saturated carbocycles. The zero-order valence-corrected chi connectivity index (χ0v) is 17.9. The second kappa shape index (κ2) is 10.1. The Morgan fingerprint density at radius 2 is 1.83 bits per heavy atom. The molecule has 6 nitrogen and oxygen atoms in total. The maximum atomic E-state index is 13.3. The van der Waals surface area contributed by atoms with Gasteiger partial charge in [-0.2, -0.15) is 0 Å². The number of hydrogen-bond acceptors (Lipinski definition) is 4. The fraction of sp³-hybridized carbons (Fsp3) is 0.417. The van der Waals surface area contributed by atoms with Crippen LogP contribution in [-0.4, -0.2) is 37.5 Å². The molecule has 3 rings (SSSR count). The minimum atomic E-state index is -0.363. The van der Waals surface area contributed by atoms with Crippen LogP contribution in [0.1, 0.15) is 44.2 Å². The Morgan fingerprint density at radius 1 is 1.10 bits per heavy atom. The number of para-hydroxylation sites is 1. The van der Waals surface area contributed by atoms with E-state index in [2.05, 4.69) is 12.2 Å². The number of carbonyl (C=O) groups excluding carboxylic acids is 2. The van der Waals surface area contributed by atoms with E-state index in [0.29, 0.717) is 30.8 Å². The first-order chi connectivity index (χ1) is 14.6. The predicted octanol–water partition coefficient (Wildman–Crippen LogP) is 4.42. The molecule has 1 aliphatic rings. The molecule has 6 heteroatoms. The van der Waals surface area contributed by atoms with E-state index in [0.717, 1.165) is 24.2 Å². The summed E-state index contributed by atoms with van der Waals surface area (Å²) in [6, 6.07) is 14.6. The molecule has 2 aromatic rings. The quantitative estimate of drug-likeness (QED) is 0.699. The van der Waals surface area contributed by atoms with Crippen LogP contribution >= 0.6 is 0 Å². The van der Waals surface area contributed by atoms with Crippen LogP contribution < -0.4 is 14.8 Å². The van der Waals surface area contributed by atoms with E-state index in [-0.39, 0.29) is 23.8 Å². The topological polar surface area (TPSA) is 67.9 Å². The number of benzene rings is 2. The number of amides is 2. The maximum absolute atomic E-state index is 13.3. The Morgan fingerprint density at radius 3 is 2.50 bits per heavy atom. The summed E-state index contributed by atoms with van der Waals surface area (Å²) in [5.74, 6) is 1.06. The smallest absolute Gasteiger partial charge is 0.229 e. The average molecular weight is 411 g/mol. The van der Waals surface area contributed by atoms with E-state index in [9.17, 15) is 9.59 Å². The fourth-order valence-electron chi connectivity index (χ4n) is 4.02. The van der Waals surface area contributed by atoms with Crippen molar-refractivity contribution >= 4 is 17.5 Å². The van der Waals surface area contributed by atoms with Gasteiger partial charge in [-0.25, -0.2) is 0 Å². The monoisotopic (exact) mass is 410 g/mol. The highest BCUT2D eigenvalue weighted by atomic mass is 16.5. The zero-order valence-electron chi connectivity index (χ0n) is 17.9. The lowest BCUT2D eigenvalue weighted by atomic mass is 9.83. The molecule has 0 bridgehead atoms. The lowest BCUT2D eigenvalue weighted by Crippen LogP contribution is -2.47. The summed E-state index contributed by atoms with van der Waals surface area (Å²) in [7, 11) is 3.22. The van der Waals surface area contributed by atoms with Crippen molar-refractivity contribution in [2.45, 2.75) is 38.6 Å². The molecule has 1 aliphatic heterocycles. The Balaban J connectivity index is 1.92. The molecule has 2 aromatic carbocycles. The van der Waals surface area contributed by atoms with Gasteiger partial charge in [-0.15, -0.1) is 0 Å². The van der Waals surface area contributed by atoms with E-state index in [4.69, 9.17) is 9.47 Å². The fourth-order valence-corrected chi connectivity index (χ4v) is 4.02. The van der Waals surface area contributed by atoms with Crippen molar-refractivity contribution in [3.63, 3.8) is 0 Å². The van der Waals surface area contributed by atoms with E-state index in [1.165, 1.54) is 0 Å². The SMILES string of the molecule is CCCCN1C(=O)CC[C@H](C(=O)Nc2ccc(OC)cc2)[C@H]1c1ccccc1OC. The number of ether oxygens (including phenoxy) is 2. The molecule has 0 aromatic heterocycles. The van der Waals surface area contributed by atoms with Gasteiger partial charge in [0.15, 0.2) is 0 Å². The van der Waals surface area contributed by atoms with E-state index in [1.807, 2.05) is 53.4 Å². The molecule has 2 atom stereocenters. The van der Waals surface area contributed by atoms with Crippen LogP contribution in [0.25, 0.3) is 0 Å². The summed E-state index contributed by atoms with van der Waals surface area (Å²) in [6.07, 6.45) is 2.75. The van der Waals surface area contributed by atoms with Gasteiger partial charge in [-0.3, -0.25) is 9.59 Å². The van der Waals surface area contributed by atoms with Crippen molar-refractivity contribution in [1.82, 2.24) is 4.90 Å². The largest absolute Gasteiger partial charge is 0.497 e. The second-order valence-corrected chi connectivity index (χ2v) is 7.49. The molecule has 0 unspecified atom stereocenters. The first-order valence-electron chi connectivity index (χ1n) is 10.5. The van der Waals surface area contributed by atoms with Crippen molar-refractivity contribution in [3.05, 3.63) is 54.1 Å². The Hall–Kier alpha value is -3.02. The number of rotatable bonds is 8. The molecule has 0 spiro atoms. The van der Waals surface area contributed by atoms with Gasteiger partial charge >= 0.3 is 0 Å². The Kier molecular flexibility index (Phi) is 7.33. The number of likely N-dealkylation sites (tertiary alicyclic amines) is 1. The zero-order chi connectivity index (χ0) is 21.5. The van der Waals surface area contributed by atoms with Crippen LogP contribution in [-0.2, 0) is 9.59 Å². The van der Waals surface area contributed by atoms with Gasteiger partial charge in [-0.1, -0.05) is 31.5 Å². The van der Waals surface area contributed by atoms with Crippen LogP contribution in [0.4, 0.5) is 5.69 Å². The maximum Gasteiger partial charge on any atom is 0.229 e. The number of unbranched alkanes of at least 4 members (excludes halogenated alkanes) is 1. The standard InChI is InChI=1S/C24H30N2O4/c1-4-5-16-26-22(27)15-14-20(23(26)19-8-6-7-9-21(19)30-3)24(28)25-17-10-12-18(29-2)13-11-17/h6-13,20,23H,4-5,14-16H2,1-3H3,(H,25,28)/t20-,23+/m0/s1. The van der Waals surface area contributed by atoms with Crippen molar-refractivity contribution in [1.29, 1.82) is 0 Å². The molecule has 1 heterocycles. The Labute approximate surface area is 178 Å². The highest BCUT2D eigenvalue weighted by Gasteiger charge is 2.41. The third kappa shape index (κ3) is 4.75. The molecule has 30 heavy (non-hydrogen) atoms. The molecule has 0 aliphatic carbocycles. The summed E-state index contributed by atoms with van der Waals surface area (Å²) in [5.41, 5.74) is 1.58. The first kappa shape index (κ1) is 21.7. The van der Waals surface area contributed by atoms with Gasteiger partial charge in [0.25, 0.3) is 0 Å². The summed E-state index contributed by atoms with van der Waals surface area (Å²) in [6.45, 7) is 2.73. The molecular formula is C24H30N2O4. The molecule has 2 amide bonds. The van der Waals surface area contributed by atoms with Crippen LogP contribution in [0.5, 0.6) is 11.5 Å². The van der Waals surface area contributed by atoms with Gasteiger partial charge in [0.2, 0.25) is 11.8 Å². The van der Waals surface area contributed by atoms with Gasteiger partial charge in [0, 0.05) is 24.2 Å². The van der Waals surface area contributed by atoms with E-state index >= 15 is 0 Å². The van der Waals surface area contributed by atoms with E-state index in [1.54, 1.807) is 14.2 Å². The van der Waals surface area contributed by atoms with Crippen LogP contribution in [0.3, 0.4) is 0 Å². The molecule has 1 N–H and O–H groups in total. The Bertz CT molecular complexity index is 866. The number of anilines is 1. The van der Waals surface area contributed by atoms with Crippen LogP contribution in [0.15, 0.2) is 48.5 Å². The number of carbonyl (C=O) groups is 2. The summed E-state index contributed by atoms with van der Waals surface area (Å²) < 4.78 is 10.8. The summed E-state index contributed by atoms with van der Waals surface area (Å²) in [5, 5.41) is 3.02. The molecule has 160 valence electrons. The number of nitrogens with one attached hydrogen (secondary N) is 1. The first-order valence-corrected chi connectivity index (χ1v) is 10.5. The second-order valence-electron chi connectivity index (χ2n) is 7.49. The number of nitrogens with zero attached hydrogens (tertiary/aromatic N) is 1. The van der Waals surface area contributed by atoms with Crippen molar-refractivity contribution in [2.24, 2.45) is 5.92 Å². The lowest BCUT2D eigenvalue weighted by molar-refractivity contribution is -0.142. The van der Waals surface area contributed by atoms with Crippen molar-refractivity contribution in [2.75, 3.05) is 26.1 Å². The van der Waals surface area contributed by atoms with Gasteiger partial charge in [0.05, 0.1) is 26.2 Å². The predicted molar refractivity (Wildman–Crippen MR) is 117 cm³/mol. The van der Waals surface area contributed by atoms with Crippen LogP contribution in [0, 0.1) is 5.92 Å². The number of hydrogen-bond donors (Lipinski definition) is 1. The highest BCUT2D eigenvalue weighted by molar-refractivity contribution is 5.94. The van der Waals surface area contributed by atoms with Crippen LogP contribution in [0.2, 0.25) is 0 Å². The van der Waals surface area contributed by atoms with Crippen molar-refractivity contribution < 1.29 is 19.1 Å². The molecular weight excluding hydrogens is 380 g/mol. The summed E-state index contributed by atoms with van der Waals surface area (Å²) >= 11 is 0. The van der Waals surface area contributed by atoms with Gasteiger partial charge < -0.3 is 19.7 Å². The molecule has 1 saturated heterocycles. The van der Waals surface area contributed by atoms with Gasteiger partial charge in [0.1, 0.15) is 11.5 Å².